The van der Waals surface area contributed by atoms with Crippen LogP contribution in [0.1, 0.15) is 11.3 Å². The Balaban J connectivity index is 1.70. The van der Waals surface area contributed by atoms with Crippen LogP contribution >= 0.6 is 0 Å². The third-order valence-electron chi connectivity index (χ3n) is 4.20. The van der Waals surface area contributed by atoms with Crippen molar-refractivity contribution in [3.8, 4) is 0 Å². The van der Waals surface area contributed by atoms with Gasteiger partial charge in [0.1, 0.15) is 11.4 Å². The van der Waals surface area contributed by atoms with Crippen LogP contribution in [0.4, 0.5) is 4.39 Å². The number of aromatic amines is 1. The first kappa shape index (κ1) is 16.6. The Bertz CT molecular complexity index is 692. The minimum Gasteiger partial charge on any atom is -0.393 e. The van der Waals surface area contributed by atoms with E-state index in [9.17, 15) is 14.3 Å². The highest BCUT2D eigenvalue weighted by Crippen LogP contribution is 2.24. The second-order valence-corrected chi connectivity index (χ2v) is 6.07. The van der Waals surface area contributed by atoms with Gasteiger partial charge in [-0.1, -0.05) is 12.1 Å². The summed E-state index contributed by atoms with van der Waals surface area (Å²) >= 11 is 0. The lowest BCUT2D eigenvalue weighted by atomic mass is 9.93. The first-order chi connectivity index (χ1) is 11.6. The van der Waals surface area contributed by atoms with E-state index >= 15 is 0 Å². The maximum atomic E-state index is 13.4. The number of morpholine rings is 1. The number of halogens is 1. The zero-order valence-electron chi connectivity index (χ0n) is 13.2. The molecule has 1 aliphatic heterocycles. The number of amides is 1. The van der Waals surface area contributed by atoms with E-state index < -0.39 is 5.60 Å². The fourth-order valence-electron chi connectivity index (χ4n) is 2.99. The summed E-state index contributed by atoms with van der Waals surface area (Å²) in [5.74, 6) is -0.386. The molecule has 2 N–H and O–H groups in total. The van der Waals surface area contributed by atoms with Crippen LogP contribution in [0.2, 0.25) is 0 Å². The molecule has 1 aliphatic rings. The van der Waals surface area contributed by atoms with Crippen LogP contribution in [0.3, 0.4) is 0 Å². The lowest BCUT2D eigenvalue weighted by Crippen LogP contribution is -2.57. The molecule has 6 nitrogen and oxygen atoms in total. The molecule has 1 atom stereocenters. The Morgan fingerprint density at radius 2 is 2.38 bits per heavy atom. The van der Waals surface area contributed by atoms with Gasteiger partial charge in [0, 0.05) is 24.9 Å². The van der Waals surface area contributed by atoms with E-state index in [4.69, 9.17) is 4.74 Å². The smallest absolute Gasteiger partial charge is 0.228 e. The normalized spacial score (nSPS) is 21.0. The Kier molecular flexibility index (Phi) is 4.92. The third-order valence-corrected chi connectivity index (χ3v) is 4.20. The van der Waals surface area contributed by atoms with Crippen molar-refractivity contribution < 1.29 is 19.0 Å². The highest BCUT2D eigenvalue weighted by Gasteiger charge is 2.38. The minimum absolute atomic E-state index is 0.0559. The van der Waals surface area contributed by atoms with Gasteiger partial charge in [0.25, 0.3) is 0 Å². The third kappa shape index (κ3) is 3.80. The molecule has 0 bridgehead atoms. The number of benzene rings is 1. The van der Waals surface area contributed by atoms with Gasteiger partial charge in [-0.05, 0) is 17.7 Å². The summed E-state index contributed by atoms with van der Waals surface area (Å²) in [7, 11) is 0. The van der Waals surface area contributed by atoms with E-state index in [1.54, 1.807) is 23.2 Å². The van der Waals surface area contributed by atoms with E-state index in [0.29, 0.717) is 19.6 Å². The molecule has 0 spiro atoms. The maximum absolute atomic E-state index is 13.4. The van der Waals surface area contributed by atoms with Crippen LogP contribution in [0, 0.1) is 5.82 Å². The molecule has 1 aromatic carbocycles. The van der Waals surface area contributed by atoms with Gasteiger partial charge in [-0.3, -0.25) is 4.79 Å². The van der Waals surface area contributed by atoms with Crippen molar-refractivity contribution in [1.82, 2.24) is 14.9 Å². The van der Waals surface area contributed by atoms with Crippen molar-refractivity contribution in [1.29, 1.82) is 0 Å². The van der Waals surface area contributed by atoms with Crippen LogP contribution in [0.15, 0.2) is 36.8 Å². The number of hydrogen-bond acceptors (Lipinski definition) is 4. The van der Waals surface area contributed by atoms with Crippen molar-refractivity contribution in [2.75, 3.05) is 26.3 Å². The molecule has 3 rings (SSSR count). The first-order valence-corrected chi connectivity index (χ1v) is 7.84. The average Bonchev–Trinajstić information content (AvgIpc) is 3.08. The highest BCUT2D eigenvalue weighted by atomic mass is 19.1. The largest absolute Gasteiger partial charge is 0.393 e. The lowest BCUT2D eigenvalue weighted by molar-refractivity contribution is -0.157. The zero-order valence-corrected chi connectivity index (χ0v) is 13.2. The first-order valence-electron chi connectivity index (χ1n) is 7.84. The summed E-state index contributed by atoms with van der Waals surface area (Å²) in [5.41, 5.74) is 0.563. The molecule has 0 saturated carbocycles. The molecule has 2 heterocycles. The number of nitrogens with one attached hydrogen (secondary N) is 1. The summed E-state index contributed by atoms with van der Waals surface area (Å²) in [6.45, 7) is 0.840. The van der Waals surface area contributed by atoms with E-state index in [0.717, 1.165) is 11.3 Å². The Labute approximate surface area is 139 Å². The Morgan fingerprint density at radius 1 is 1.50 bits per heavy atom. The minimum atomic E-state index is -0.907. The summed E-state index contributed by atoms with van der Waals surface area (Å²) in [6, 6.07) is 6.21. The molecule has 1 amide bonds. The predicted octanol–water partition coefficient (Wildman–Crippen LogP) is 0.924. The molecule has 128 valence electrons. The van der Waals surface area contributed by atoms with Crippen molar-refractivity contribution in [2.45, 2.75) is 18.4 Å². The molecule has 1 aromatic heterocycles. The monoisotopic (exact) mass is 333 g/mol. The van der Waals surface area contributed by atoms with Gasteiger partial charge >= 0.3 is 0 Å². The predicted molar refractivity (Wildman–Crippen MR) is 84.7 cm³/mol. The van der Waals surface area contributed by atoms with Gasteiger partial charge in [0.05, 0.1) is 32.5 Å². The molecular formula is C17H20FN3O3. The highest BCUT2D eigenvalue weighted by molar-refractivity contribution is 5.78. The quantitative estimate of drug-likeness (QED) is 0.853. The van der Waals surface area contributed by atoms with Crippen LogP contribution < -0.4 is 0 Å². The van der Waals surface area contributed by atoms with Crippen molar-refractivity contribution >= 4 is 5.91 Å². The van der Waals surface area contributed by atoms with Gasteiger partial charge in [0.2, 0.25) is 5.91 Å². The number of hydrogen-bond donors (Lipinski definition) is 2. The van der Waals surface area contributed by atoms with Gasteiger partial charge < -0.3 is 19.7 Å². The van der Waals surface area contributed by atoms with Crippen LogP contribution in [0.5, 0.6) is 0 Å². The van der Waals surface area contributed by atoms with Crippen molar-refractivity contribution in [3.63, 3.8) is 0 Å². The fraction of sp³-hybridized carbons (Fsp3) is 0.412. The fourth-order valence-corrected chi connectivity index (χ4v) is 2.99. The van der Waals surface area contributed by atoms with Crippen molar-refractivity contribution in [2.24, 2.45) is 0 Å². The summed E-state index contributed by atoms with van der Waals surface area (Å²) in [4.78, 5) is 20.9. The topological polar surface area (TPSA) is 78.5 Å². The maximum Gasteiger partial charge on any atom is 0.228 e. The second-order valence-electron chi connectivity index (χ2n) is 6.07. The Morgan fingerprint density at radius 3 is 3.08 bits per heavy atom. The van der Waals surface area contributed by atoms with E-state index in [-0.39, 0.29) is 31.3 Å². The molecule has 0 unspecified atom stereocenters. The molecule has 2 aromatic rings. The van der Waals surface area contributed by atoms with Crippen molar-refractivity contribution in [3.05, 3.63) is 53.9 Å². The number of rotatable bonds is 5. The standard InChI is InChI=1S/C17H20FN3O3/c18-14-3-1-2-13(6-14)8-17(11-22)10-21(4-5-24-17)16(23)7-15-9-19-12-20-15/h1-3,6,9,12,22H,4-5,7-8,10-11H2,(H,19,20)/t17-/m0/s1. The average molecular weight is 333 g/mol. The van der Waals surface area contributed by atoms with E-state index in [1.165, 1.54) is 18.5 Å². The lowest BCUT2D eigenvalue weighted by Gasteiger charge is -2.42. The van der Waals surface area contributed by atoms with Gasteiger partial charge in [-0.2, -0.15) is 0 Å². The van der Waals surface area contributed by atoms with Crippen LogP contribution in [0.25, 0.3) is 0 Å². The molecule has 0 radical (unpaired) electrons. The molecule has 1 fully saturated rings. The summed E-state index contributed by atoms with van der Waals surface area (Å²) in [6.07, 6.45) is 3.71. The molecule has 1 saturated heterocycles. The number of carbonyl (C=O) groups excluding carboxylic acids is 1. The van der Waals surface area contributed by atoms with Gasteiger partial charge in [-0.15, -0.1) is 0 Å². The number of imidazole rings is 1. The van der Waals surface area contributed by atoms with Crippen LogP contribution in [-0.4, -0.2) is 57.8 Å². The number of aliphatic hydroxyl groups is 1. The number of carbonyl (C=O) groups is 1. The van der Waals surface area contributed by atoms with E-state index in [2.05, 4.69) is 9.97 Å². The molecule has 24 heavy (non-hydrogen) atoms. The zero-order chi connectivity index (χ0) is 17.0. The SMILES string of the molecule is O=C(Cc1cnc[nH]1)N1CCO[C@@](CO)(Cc2cccc(F)c2)C1. The Hall–Kier alpha value is -2.25. The number of ether oxygens (including phenoxy) is 1. The molecular weight excluding hydrogens is 313 g/mol. The van der Waals surface area contributed by atoms with Gasteiger partial charge in [-0.25, -0.2) is 9.37 Å². The number of nitrogens with zero attached hydrogens (tertiary/aromatic N) is 2. The second kappa shape index (κ2) is 7.11. The van der Waals surface area contributed by atoms with Gasteiger partial charge in [0.15, 0.2) is 0 Å². The number of aromatic nitrogens is 2. The summed E-state index contributed by atoms with van der Waals surface area (Å²) in [5, 5.41) is 9.86. The summed E-state index contributed by atoms with van der Waals surface area (Å²) < 4.78 is 19.2. The number of aliphatic hydroxyl groups excluding tert-OH is 1. The van der Waals surface area contributed by atoms with E-state index in [1.807, 2.05) is 0 Å². The number of H-pyrrole nitrogens is 1. The van der Waals surface area contributed by atoms with Crippen LogP contribution in [-0.2, 0) is 22.4 Å². The molecule has 7 heteroatoms. The molecule has 0 aliphatic carbocycles.